The highest BCUT2D eigenvalue weighted by atomic mass is 16.2. The number of likely N-dealkylation sites (tertiary alicyclic amines) is 1. The van der Waals surface area contributed by atoms with Crippen LogP contribution in [0.2, 0.25) is 0 Å². The number of fused-ring (bicyclic) bond motifs is 1. The topological polar surface area (TPSA) is 107 Å². The molecule has 3 unspecified atom stereocenters. The summed E-state index contributed by atoms with van der Waals surface area (Å²) in [6.45, 7) is 1.37. The molecule has 1 saturated heterocycles. The van der Waals surface area contributed by atoms with E-state index in [4.69, 9.17) is 11.5 Å². The average Bonchev–Trinajstić information content (AvgIpc) is 3.31. The van der Waals surface area contributed by atoms with Gasteiger partial charge in [-0.3, -0.25) is 9.59 Å². The van der Waals surface area contributed by atoms with Gasteiger partial charge in [0, 0.05) is 25.2 Å². The monoisotopic (exact) mass is 339 g/mol. The zero-order valence-corrected chi connectivity index (χ0v) is 13.8. The van der Waals surface area contributed by atoms with Crippen molar-refractivity contribution < 1.29 is 9.59 Å². The number of aromatic nitrogens is 2. The minimum Gasteiger partial charge on any atom is -0.364 e. The van der Waals surface area contributed by atoms with Crippen molar-refractivity contribution in [2.24, 2.45) is 23.3 Å². The van der Waals surface area contributed by atoms with Gasteiger partial charge in [0.15, 0.2) is 5.69 Å². The van der Waals surface area contributed by atoms with E-state index in [-0.39, 0.29) is 23.3 Å². The van der Waals surface area contributed by atoms with E-state index in [1.807, 2.05) is 30.3 Å². The van der Waals surface area contributed by atoms with E-state index in [0.717, 1.165) is 12.8 Å². The van der Waals surface area contributed by atoms with Crippen molar-refractivity contribution in [3.8, 4) is 5.69 Å². The fourth-order valence-corrected chi connectivity index (χ4v) is 4.06. The summed E-state index contributed by atoms with van der Waals surface area (Å²) in [5.41, 5.74) is 12.7. The highest BCUT2D eigenvalue weighted by molar-refractivity contribution is 5.97. The van der Waals surface area contributed by atoms with Crippen molar-refractivity contribution in [3.63, 3.8) is 0 Å². The van der Waals surface area contributed by atoms with Gasteiger partial charge >= 0.3 is 0 Å². The zero-order valence-electron chi connectivity index (χ0n) is 13.8. The van der Waals surface area contributed by atoms with Crippen LogP contribution in [0.4, 0.5) is 0 Å². The summed E-state index contributed by atoms with van der Waals surface area (Å²) in [7, 11) is 0. The lowest BCUT2D eigenvalue weighted by Gasteiger charge is -2.17. The number of rotatable bonds is 3. The van der Waals surface area contributed by atoms with Crippen LogP contribution in [-0.2, 0) is 0 Å². The fraction of sp³-hybridized carbons (Fsp3) is 0.389. The molecular formula is C18H21N5O2. The zero-order chi connectivity index (χ0) is 17.6. The van der Waals surface area contributed by atoms with Crippen molar-refractivity contribution in [1.82, 2.24) is 14.7 Å². The molecule has 25 heavy (non-hydrogen) atoms. The third kappa shape index (κ3) is 2.70. The van der Waals surface area contributed by atoms with E-state index in [1.54, 1.807) is 4.90 Å². The predicted octanol–water partition coefficient (Wildman–Crippen LogP) is 0.781. The van der Waals surface area contributed by atoms with Gasteiger partial charge in [0.2, 0.25) is 0 Å². The molecule has 0 spiro atoms. The van der Waals surface area contributed by atoms with E-state index in [1.165, 1.54) is 10.7 Å². The number of amides is 2. The average molecular weight is 339 g/mol. The summed E-state index contributed by atoms with van der Waals surface area (Å²) in [5.74, 6) is 0.0658. The molecule has 0 bridgehead atoms. The van der Waals surface area contributed by atoms with Crippen LogP contribution < -0.4 is 11.5 Å². The Balaban J connectivity index is 1.63. The summed E-state index contributed by atoms with van der Waals surface area (Å²) in [6, 6.07) is 10.8. The van der Waals surface area contributed by atoms with Crippen LogP contribution in [0.15, 0.2) is 36.4 Å². The third-order valence-corrected chi connectivity index (χ3v) is 5.38. The quantitative estimate of drug-likeness (QED) is 0.861. The molecule has 1 aliphatic heterocycles. The molecule has 2 aromatic rings. The maximum atomic E-state index is 12.9. The second-order valence-electron chi connectivity index (χ2n) is 6.90. The van der Waals surface area contributed by atoms with Crippen LogP contribution in [0.5, 0.6) is 0 Å². The maximum absolute atomic E-state index is 12.9. The first-order valence-electron chi connectivity index (χ1n) is 8.54. The fourth-order valence-electron chi connectivity index (χ4n) is 4.06. The van der Waals surface area contributed by atoms with E-state index < -0.39 is 5.91 Å². The molecule has 4 N–H and O–H groups in total. The molecule has 1 aromatic carbocycles. The van der Waals surface area contributed by atoms with Crippen molar-refractivity contribution in [1.29, 1.82) is 0 Å². The number of benzene rings is 1. The lowest BCUT2D eigenvalue weighted by Crippen LogP contribution is -2.33. The largest absolute Gasteiger partial charge is 0.364 e. The van der Waals surface area contributed by atoms with Gasteiger partial charge in [-0.25, -0.2) is 4.68 Å². The van der Waals surface area contributed by atoms with E-state index >= 15 is 0 Å². The number of para-hydroxylation sites is 1. The van der Waals surface area contributed by atoms with Crippen LogP contribution >= 0.6 is 0 Å². The summed E-state index contributed by atoms with van der Waals surface area (Å²) in [5, 5.41) is 4.35. The predicted molar refractivity (Wildman–Crippen MR) is 92.2 cm³/mol. The highest BCUT2D eigenvalue weighted by Crippen LogP contribution is 2.37. The summed E-state index contributed by atoms with van der Waals surface area (Å²) >= 11 is 0. The highest BCUT2D eigenvalue weighted by Gasteiger charge is 2.43. The van der Waals surface area contributed by atoms with Gasteiger partial charge in [0.25, 0.3) is 11.8 Å². The van der Waals surface area contributed by atoms with E-state index in [9.17, 15) is 9.59 Å². The molecule has 2 heterocycles. The molecule has 2 amide bonds. The smallest absolute Gasteiger partial charge is 0.274 e. The number of carbonyl (C=O) groups excluding carboxylic acids is 2. The lowest BCUT2D eigenvalue weighted by molar-refractivity contribution is 0.0773. The van der Waals surface area contributed by atoms with Gasteiger partial charge in [0.05, 0.1) is 5.69 Å². The number of hydrogen-bond acceptors (Lipinski definition) is 4. The van der Waals surface area contributed by atoms with Crippen LogP contribution in [0.3, 0.4) is 0 Å². The Morgan fingerprint density at radius 3 is 2.56 bits per heavy atom. The lowest BCUT2D eigenvalue weighted by atomic mass is 9.98. The number of hydrogen-bond donors (Lipinski definition) is 2. The van der Waals surface area contributed by atoms with Gasteiger partial charge in [-0.05, 0) is 36.8 Å². The standard InChI is InChI=1S/C18H21N5O2/c19-14-7-6-11-9-22(10-13(11)14)18(25)15-8-16(17(20)24)23(21-15)12-4-2-1-3-5-12/h1-5,8,11,13-14H,6-7,9-10,19H2,(H2,20,24). The Kier molecular flexibility index (Phi) is 3.80. The number of primary amides is 1. The first-order valence-corrected chi connectivity index (χ1v) is 8.54. The minimum absolute atomic E-state index is 0.168. The van der Waals surface area contributed by atoms with Crippen LogP contribution in [0.25, 0.3) is 5.69 Å². The molecule has 2 aliphatic rings. The molecule has 1 aliphatic carbocycles. The van der Waals surface area contributed by atoms with Gasteiger partial charge in [-0.15, -0.1) is 0 Å². The second-order valence-corrected chi connectivity index (χ2v) is 6.90. The normalized spacial score (nSPS) is 25.2. The maximum Gasteiger partial charge on any atom is 0.274 e. The summed E-state index contributed by atoms with van der Waals surface area (Å²) in [6.07, 6.45) is 2.10. The molecule has 130 valence electrons. The Morgan fingerprint density at radius 2 is 1.88 bits per heavy atom. The van der Waals surface area contributed by atoms with Gasteiger partial charge in [-0.2, -0.15) is 5.10 Å². The molecule has 7 nitrogen and oxygen atoms in total. The first kappa shape index (κ1) is 15.8. The van der Waals surface area contributed by atoms with E-state index in [0.29, 0.717) is 30.6 Å². The number of carbonyl (C=O) groups is 2. The van der Waals surface area contributed by atoms with Crippen molar-refractivity contribution >= 4 is 11.8 Å². The molecule has 2 fully saturated rings. The molecule has 0 radical (unpaired) electrons. The molecule has 7 heteroatoms. The van der Waals surface area contributed by atoms with Gasteiger partial charge in [-0.1, -0.05) is 18.2 Å². The van der Waals surface area contributed by atoms with Crippen LogP contribution in [-0.4, -0.2) is 45.6 Å². The Hall–Kier alpha value is -2.67. The van der Waals surface area contributed by atoms with Gasteiger partial charge < -0.3 is 16.4 Å². The number of nitrogens with zero attached hydrogens (tertiary/aromatic N) is 3. The second kappa shape index (κ2) is 6.00. The van der Waals surface area contributed by atoms with Crippen molar-refractivity contribution in [2.75, 3.05) is 13.1 Å². The third-order valence-electron chi connectivity index (χ3n) is 5.38. The van der Waals surface area contributed by atoms with Crippen molar-refractivity contribution in [2.45, 2.75) is 18.9 Å². The van der Waals surface area contributed by atoms with Crippen LogP contribution in [0, 0.1) is 11.8 Å². The first-order chi connectivity index (χ1) is 12.0. The molecule has 3 atom stereocenters. The molecule has 1 saturated carbocycles. The summed E-state index contributed by atoms with van der Waals surface area (Å²) in [4.78, 5) is 26.4. The summed E-state index contributed by atoms with van der Waals surface area (Å²) < 4.78 is 1.43. The van der Waals surface area contributed by atoms with E-state index in [2.05, 4.69) is 5.10 Å². The van der Waals surface area contributed by atoms with Crippen molar-refractivity contribution in [3.05, 3.63) is 47.8 Å². The molecule has 1 aromatic heterocycles. The minimum atomic E-state index is -0.615. The Morgan fingerprint density at radius 1 is 1.12 bits per heavy atom. The number of nitrogens with two attached hydrogens (primary N) is 2. The molecular weight excluding hydrogens is 318 g/mol. The Labute approximate surface area is 145 Å². The SMILES string of the molecule is NC(=O)c1cc(C(=O)N2CC3CCC(N)C3C2)nn1-c1ccccc1. The molecule has 4 rings (SSSR count). The Bertz CT molecular complexity index is 816. The van der Waals surface area contributed by atoms with Gasteiger partial charge in [0.1, 0.15) is 5.69 Å². The van der Waals surface area contributed by atoms with Crippen LogP contribution in [0.1, 0.15) is 33.8 Å².